The minimum Gasteiger partial charge on any atom is -0.316 e. The van der Waals surface area contributed by atoms with Crippen LogP contribution in [0.1, 0.15) is 18.0 Å². The van der Waals surface area contributed by atoms with E-state index in [9.17, 15) is 9.18 Å². The molecule has 21 heavy (non-hydrogen) atoms. The summed E-state index contributed by atoms with van der Waals surface area (Å²) >= 11 is 0. The van der Waals surface area contributed by atoms with Crippen molar-refractivity contribution in [2.45, 2.75) is 18.9 Å². The van der Waals surface area contributed by atoms with Crippen molar-refractivity contribution in [1.29, 1.82) is 0 Å². The molecule has 0 aromatic carbocycles. The summed E-state index contributed by atoms with van der Waals surface area (Å²) in [5.74, 6) is 0.520. The predicted molar refractivity (Wildman–Crippen MR) is 77.6 cm³/mol. The summed E-state index contributed by atoms with van der Waals surface area (Å²) in [4.78, 5) is 16.3. The van der Waals surface area contributed by atoms with Gasteiger partial charge in [0.15, 0.2) is 0 Å². The molecule has 108 valence electrons. The van der Waals surface area contributed by atoms with Crippen molar-refractivity contribution in [2.24, 2.45) is 5.92 Å². The van der Waals surface area contributed by atoms with E-state index in [2.05, 4.69) is 10.3 Å². The molecule has 1 fully saturated rings. The molecule has 2 atom stereocenters. The van der Waals surface area contributed by atoms with Crippen LogP contribution in [0.5, 0.6) is 0 Å². The number of piperidine rings is 1. The standard InChI is InChI=1S/C16H16FN3O/c17-14-2-12(6-19-8-14)11-3-15-13-1-10(5-18-7-13)9-20(15)16(21)4-11/h2-4,6,8,10,13,18H,1,5,7,9H2/t10-,13+/m0/s1. The third-order valence-electron chi connectivity index (χ3n) is 4.50. The molecule has 4 heterocycles. The maximum atomic E-state index is 13.3. The van der Waals surface area contributed by atoms with E-state index in [1.54, 1.807) is 12.3 Å². The molecule has 0 saturated carbocycles. The van der Waals surface area contributed by atoms with E-state index in [1.807, 2.05) is 10.6 Å². The third kappa shape index (κ3) is 2.17. The summed E-state index contributed by atoms with van der Waals surface area (Å²) in [5, 5.41) is 3.43. The van der Waals surface area contributed by atoms with Crippen LogP contribution in [0.3, 0.4) is 0 Å². The first-order chi connectivity index (χ1) is 10.2. The van der Waals surface area contributed by atoms with Crippen LogP contribution in [0.15, 0.2) is 35.4 Å². The molecule has 4 rings (SSSR count). The molecular formula is C16H16FN3O. The average molecular weight is 285 g/mol. The fraction of sp³-hybridized carbons (Fsp3) is 0.375. The summed E-state index contributed by atoms with van der Waals surface area (Å²) in [5.41, 5.74) is 2.47. The first kappa shape index (κ1) is 12.7. The smallest absolute Gasteiger partial charge is 0.251 e. The minimum atomic E-state index is -0.385. The molecule has 2 aliphatic heterocycles. The Morgan fingerprint density at radius 3 is 2.95 bits per heavy atom. The van der Waals surface area contributed by atoms with E-state index in [-0.39, 0.29) is 11.4 Å². The fourth-order valence-electron chi connectivity index (χ4n) is 3.54. The van der Waals surface area contributed by atoms with Crippen LogP contribution in [-0.2, 0) is 6.54 Å². The molecule has 4 nitrogen and oxygen atoms in total. The van der Waals surface area contributed by atoms with Crippen LogP contribution in [-0.4, -0.2) is 22.6 Å². The third-order valence-corrected chi connectivity index (χ3v) is 4.50. The summed E-state index contributed by atoms with van der Waals surface area (Å²) in [6.45, 7) is 2.66. The highest BCUT2D eigenvalue weighted by molar-refractivity contribution is 5.62. The predicted octanol–water partition coefficient (Wildman–Crippen LogP) is 1.76. The Bertz CT molecular complexity index is 755. The Labute approximate surface area is 121 Å². The molecule has 0 radical (unpaired) electrons. The van der Waals surface area contributed by atoms with Gasteiger partial charge in [0.2, 0.25) is 0 Å². The Morgan fingerprint density at radius 2 is 2.10 bits per heavy atom. The number of hydrogen-bond donors (Lipinski definition) is 1. The minimum absolute atomic E-state index is 0.00311. The molecule has 0 unspecified atom stereocenters. The van der Waals surface area contributed by atoms with Gasteiger partial charge in [-0.1, -0.05) is 0 Å². The van der Waals surface area contributed by atoms with Gasteiger partial charge in [0.1, 0.15) is 5.82 Å². The van der Waals surface area contributed by atoms with Crippen molar-refractivity contribution < 1.29 is 4.39 Å². The zero-order valence-corrected chi connectivity index (χ0v) is 11.6. The largest absolute Gasteiger partial charge is 0.316 e. The van der Waals surface area contributed by atoms with Gasteiger partial charge in [0.05, 0.1) is 6.20 Å². The van der Waals surface area contributed by atoms with Gasteiger partial charge in [-0.2, -0.15) is 0 Å². The van der Waals surface area contributed by atoms with Crippen molar-refractivity contribution >= 4 is 0 Å². The van der Waals surface area contributed by atoms with Crippen molar-refractivity contribution in [3.63, 3.8) is 0 Å². The number of halogens is 1. The Hall–Kier alpha value is -2.01. The number of rotatable bonds is 1. The quantitative estimate of drug-likeness (QED) is 0.868. The zero-order valence-electron chi connectivity index (χ0n) is 11.6. The van der Waals surface area contributed by atoms with E-state index in [4.69, 9.17) is 0 Å². The van der Waals surface area contributed by atoms with E-state index in [0.29, 0.717) is 17.4 Å². The van der Waals surface area contributed by atoms with E-state index in [0.717, 1.165) is 37.3 Å². The van der Waals surface area contributed by atoms with E-state index < -0.39 is 0 Å². The van der Waals surface area contributed by atoms with Crippen LogP contribution in [0.4, 0.5) is 4.39 Å². The van der Waals surface area contributed by atoms with Gasteiger partial charge in [-0.3, -0.25) is 9.78 Å². The van der Waals surface area contributed by atoms with Gasteiger partial charge in [-0.25, -0.2) is 4.39 Å². The Balaban J connectivity index is 1.85. The summed E-state index contributed by atoms with van der Waals surface area (Å²) in [6.07, 6.45) is 3.89. The highest BCUT2D eigenvalue weighted by Crippen LogP contribution is 2.33. The van der Waals surface area contributed by atoms with Gasteiger partial charge in [0.25, 0.3) is 5.56 Å². The topological polar surface area (TPSA) is 46.9 Å². The van der Waals surface area contributed by atoms with Crippen LogP contribution in [0.2, 0.25) is 0 Å². The molecule has 1 saturated heterocycles. The number of nitrogens with one attached hydrogen (secondary N) is 1. The highest BCUT2D eigenvalue weighted by atomic mass is 19.1. The lowest BCUT2D eigenvalue weighted by atomic mass is 9.83. The lowest BCUT2D eigenvalue weighted by molar-refractivity contribution is 0.257. The monoisotopic (exact) mass is 285 g/mol. The molecule has 1 N–H and O–H groups in total. The lowest BCUT2D eigenvalue weighted by Crippen LogP contribution is -2.44. The maximum Gasteiger partial charge on any atom is 0.251 e. The summed E-state index contributed by atoms with van der Waals surface area (Å²) in [7, 11) is 0. The number of aromatic nitrogens is 2. The maximum absolute atomic E-state index is 13.3. The molecule has 0 aliphatic carbocycles. The van der Waals surface area contributed by atoms with Gasteiger partial charge in [-0.05, 0) is 36.6 Å². The number of nitrogens with zero attached hydrogens (tertiary/aromatic N) is 2. The van der Waals surface area contributed by atoms with Gasteiger partial charge in [-0.15, -0.1) is 0 Å². The Kier molecular flexibility index (Phi) is 2.89. The first-order valence-electron chi connectivity index (χ1n) is 7.27. The molecule has 0 spiro atoms. The molecule has 2 bridgehead atoms. The normalized spacial score (nSPS) is 23.7. The summed E-state index contributed by atoms with van der Waals surface area (Å²) in [6, 6.07) is 5.03. The van der Waals surface area contributed by atoms with Crippen molar-refractivity contribution in [3.8, 4) is 11.1 Å². The second kappa shape index (κ2) is 4.77. The van der Waals surface area contributed by atoms with Crippen molar-refractivity contribution in [2.75, 3.05) is 13.1 Å². The SMILES string of the molecule is O=c1cc(-c2cncc(F)c2)cc2n1C[C@@H]1CNC[C@H]2C1. The highest BCUT2D eigenvalue weighted by Gasteiger charge is 2.31. The van der Waals surface area contributed by atoms with Gasteiger partial charge in [0, 0.05) is 42.5 Å². The molecular weight excluding hydrogens is 269 g/mol. The van der Waals surface area contributed by atoms with Crippen molar-refractivity contribution in [3.05, 3.63) is 52.5 Å². The van der Waals surface area contributed by atoms with Crippen LogP contribution >= 0.6 is 0 Å². The second-order valence-corrected chi connectivity index (χ2v) is 5.97. The molecule has 5 heteroatoms. The lowest BCUT2D eigenvalue weighted by Gasteiger charge is -2.37. The molecule has 2 aliphatic rings. The van der Waals surface area contributed by atoms with Gasteiger partial charge < -0.3 is 9.88 Å². The molecule has 0 amide bonds. The zero-order chi connectivity index (χ0) is 14.4. The number of hydrogen-bond acceptors (Lipinski definition) is 3. The van der Waals surface area contributed by atoms with Crippen LogP contribution in [0, 0.1) is 11.7 Å². The van der Waals surface area contributed by atoms with E-state index in [1.165, 1.54) is 12.3 Å². The molecule has 2 aromatic rings. The van der Waals surface area contributed by atoms with Crippen LogP contribution in [0.25, 0.3) is 11.1 Å². The van der Waals surface area contributed by atoms with Gasteiger partial charge >= 0.3 is 0 Å². The molecule has 2 aromatic heterocycles. The Morgan fingerprint density at radius 1 is 1.19 bits per heavy atom. The number of fused-ring (bicyclic) bond motifs is 4. The number of pyridine rings is 2. The average Bonchev–Trinajstić information content (AvgIpc) is 2.48. The van der Waals surface area contributed by atoms with Crippen LogP contribution < -0.4 is 10.9 Å². The second-order valence-electron chi connectivity index (χ2n) is 5.97. The first-order valence-corrected chi connectivity index (χ1v) is 7.27. The fourth-order valence-corrected chi connectivity index (χ4v) is 3.54. The summed E-state index contributed by atoms with van der Waals surface area (Å²) < 4.78 is 15.2. The van der Waals surface area contributed by atoms with E-state index >= 15 is 0 Å². The van der Waals surface area contributed by atoms with Crippen molar-refractivity contribution in [1.82, 2.24) is 14.9 Å².